The van der Waals surface area contributed by atoms with Gasteiger partial charge in [0.25, 0.3) is 5.91 Å². The Balaban J connectivity index is 1.75. The quantitative estimate of drug-likeness (QED) is 0.426. The summed E-state index contributed by atoms with van der Waals surface area (Å²) in [5.41, 5.74) is 3.33. The van der Waals surface area contributed by atoms with Gasteiger partial charge in [-0.3, -0.25) is 14.5 Å². The number of aryl methyl sites for hydroxylation is 1. The largest absolute Gasteiger partial charge is 0.481 e. The van der Waals surface area contributed by atoms with Gasteiger partial charge in [0.15, 0.2) is 0 Å². The van der Waals surface area contributed by atoms with Gasteiger partial charge in [0.2, 0.25) is 0 Å². The molecule has 0 radical (unpaired) electrons. The van der Waals surface area contributed by atoms with Gasteiger partial charge in [0.1, 0.15) is 0 Å². The first-order chi connectivity index (χ1) is 16.5. The zero-order valence-electron chi connectivity index (χ0n) is 19.3. The van der Waals surface area contributed by atoms with Crippen LogP contribution in [0.2, 0.25) is 0 Å². The van der Waals surface area contributed by atoms with Crippen molar-refractivity contribution < 1.29 is 19.5 Å². The summed E-state index contributed by atoms with van der Waals surface area (Å²) in [6, 6.07) is 25.4. The maximum atomic E-state index is 13.3. The van der Waals surface area contributed by atoms with E-state index in [0.717, 1.165) is 16.7 Å². The SMILES string of the molecule is CCCN(C(=O)N[C@@H](CCc1ccccc1)CC(=O)O)C(=O)c1cccc(-c2ccccc2)c1. The van der Waals surface area contributed by atoms with Crippen LogP contribution in [-0.2, 0) is 11.2 Å². The lowest BCUT2D eigenvalue weighted by molar-refractivity contribution is -0.137. The van der Waals surface area contributed by atoms with Crippen LogP contribution >= 0.6 is 0 Å². The van der Waals surface area contributed by atoms with E-state index in [1.165, 1.54) is 4.90 Å². The lowest BCUT2D eigenvalue weighted by Gasteiger charge is -2.25. The van der Waals surface area contributed by atoms with E-state index in [1.807, 2.05) is 73.7 Å². The fraction of sp³-hybridized carbons (Fsp3) is 0.250. The average molecular weight is 459 g/mol. The molecule has 0 aliphatic heterocycles. The highest BCUT2D eigenvalue weighted by Crippen LogP contribution is 2.21. The maximum Gasteiger partial charge on any atom is 0.324 e. The fourth-order valence-corrected chi connectivity index (χ4v) is 3.81. The Morgan fingerprint density at radius 2 is 1.53 bits per heavy atom. The Morgan fingerprint density at radius 3 is 2.18 bits per heavy atom. The van der Waals surface area contributed by atoms with Crippen molar-refractivity contribution in [2.45, 2.75) is 38.6 Å². The standard InChI is InChI=1S/C28H30N2O4/c1-2-18-30(27(33)24-15-9-14-23(19-24)22-12-7-4-8-13-22)28(34)29-25(20-26(31)32)17-16-21-10-5-3-6-11-21/h3-15,19,25H,2,16-18,20H2,1H3,(H,29,34)(H,31,32)/t25-/m0/s1. The molecular weight excluding hydrogens is 428 g/mol. The molecule has 0 saturated heterocycles. The van der Waals surface area contributed by atoms with Gasteiger partial charge in [-0.15, -0.1) is 0 Å². The molecule has 6 nitrogen and oxygen atoms in total. The molecule has 3 rings (SSSR count). The van der Waals surface area contributed by atoms with Crippen molar-refractivity contribution in [1.82, 2.24) is 10.2 Å². The lowest BCUT2D eigenvalue weighted by atomic mass is 10.0. The minimum absolute atomic E-state index is 0.212. The first kappa shape index (κ1) is 24.7. The number of hydrogen-bond acceptors (Lipinski definition) is 3. The summed E-state index contributed by atoms with van der Waals surface area (Å²) in [7, 11) is 0. The van der Waals surface area contributed by atoms with E-state index >= 15 is 0 Å². The van der Waals surface area contributed by atoms with Gasteiger partial charge >= 0.3 is 12.0 Å². The van der Waals surface area contributed by atoms with Crippen LogP contribution in [0, 0.1) is 0 Å². The first-order valence-corrected chi connectivity index (χ1v) is 11.5. The predicted octanol–water partition coefficient (Wildman–Crippen LogP) is 5.39. The molecule has 3 aromatic rings. The molecule has 0 fully saturated rings. The highest BCUT2D eigenvalue weighted by Gasteiger charge is 2.25. The van der Waals surface area contributed by atoms with Gasteiger partial charge in [-0.25, -0.2) is 4.79 Å². The normalized spacial score (nSPS) is 11.4. The molecular formula is C28H30N2O4. The smallest absolute Gasteiger partial charge is 0.324 e. The Bertz CT molecular complexity index is 1100. The molecule has 0 spiro atoms. The number of imide groups is 1. The number of aliphatic carboxylic acids is 1. The second kappa shape index (κ2) is 12.3. The number of carbonyl (C=O) groups is 3. The number of urea groups is 1. The third-order valence-electron chi connectivity index (χ3n) is 5.53. The molecule has 6 heteroatoms. The summed E-state index contributed by atoms with van der Waals surface area (Å²) in [4.78, 5) is 39.0. The number of benzene rings is 3. The van der Waals surface area contributed by atoms with Crippen molar-refractivity contribution in [3.05, 3.63) is 96.1 Å². The van der Waals surface area contributed by atoms with Crippen molar-refractivity contribution in [3.8, 4) is 11.1 Å². The summed E-state index contributed by atoms with van der Waals surface area (Å²) in [6.45, 7) is 2.12. The van der Waals surface area contributed by atoms with Gasteiger partial charge in [-0.2, -0.15) is 0 Å². The summed E-state index contributed by atoms with van der Waals surface area (Å²) in [6.07, 6.45) is 1.46. The summed E-state index contributed by atoms with van der Waals surface area (Å²) in [5.74, 6) is -1.41. The monoisotopic (exact) mass is 458 g/mol. The van der Waals surface area contributed by atoms with Crippen molar-refractivity contribution in [2.75, 3.05) is 6.54 Å². The highest BCUT2D eigenvalue weighted by molar-refractivity contribution is 6.05. The number of nitrogens with one attached hydrogen (secondary N) is 1. The second-order valence-corrected chi connectivity index (χ2v) is 8.17. The number of carboxylic acid groups (broad SMARTS) is 1. The molecule has 2 N–H and O–H groups in total. The van der Waals surface area contributed by atoms with Crippen LogP contribution in [0.25, 0.3) is 11.1 Å². The van der Waals surface area contributed by atoms with E-state index in [9.17, 15) is 19.5 Å². The maximum absolute atomic E-state index is 13.3. The number of rotatable bonds is 10. The molecule has 0 aliphatic carbocycles. The molecule has 0 aromatic heterocycles. The fourth-order valence-electron chi connectivity index (χ4n) is 3.81. The van der Waals surface area contributed by atoms with Crippen LogP contribution in [0.15, 0.2) is 84.9 Å². The van der Waals surface area contributed by atoms with Gasteiger partial charge in [0.05, 0.1) is 6.42 Å². The molecule has 1 atom stereocenters. The van der Waals surface area contributed by atoms with Crippen LogP contribution in [0.1, 0.15) is 42.1 Å². The molecule has 0 aliphatic rings. The van der Waals surface area contributed by atoms with Crippen molar-refractivity contribution in [1.29, 1.82) is 0 Å². The lowest BCUT2D eigenvalue weighted by Crippen LogP contribution is -2.48. The number of carbonyl (C=O) groups excluding carboxylic acids is 2. The van der Waals surface area contributed by atoms with E-state index in [0.29, 0.717) is 24.8 Å². The van der Waals surface area contributed by atoms with Gasteiger partial charge < -0.3 is 10.4 Å². The van der Waals surface area contributed by atoms with Crippen molar-refractivity contribution in [3.63, 3.8) is 0 Å². The molecule has 3 amide bonds. The number of amides is 3. The predicted molar refractivity (Wildman–Crippen MR) is 133 cm³/mol. The Labute approximate surface area is 200 Å². The van der Waals surface area contributed by atoms with E-state index < -0.39 is 23.9 Å². The summed E-state index contributed by atoms with van der Waals surface area (Å²) < 4.78 is 0. The number of nitrogens with zero attached hydrogens (tertiary/aromatic N) is 1. The van der Waals surface area contributed by atoms with Crippen LogP contribution < -0.4 is 5.32 Å². The molecule has 0 heterocycles. The zero-order chi connectivity index (χ0) is 24.3. The minimum atomic E-state index is -0.998. The molecule has 34 heavy (non-hydrogen) atoms. The number of carboxylic acids is 1. The summed E-state index contributed by atoms with van der Waals surface area (Å²) in [5, 5.41) is 12.1. The molecule has 176 valence electrons. The topological polar surface area (TPSA) is 86.7 Å². The van der Waals surface area contributed by atoms with Gasteiger partial charge in [-0.1, -0.05) is 79.7 Å². The van der Waals surface area contributed by atoms with Gasteiger partial charge in [0, 0.05) is 18.2 Å². The average Bonchev–Trinajstić information content (AvgIpc) is 2.86. The molecule has 0 unspecified atom stereocenters. The highest BCUT2D eigenvalue weighted by atomic mass is 16.4. The van der Waals surface area contributed by atoms with Crippen molar-refractivity contribution >= 4 is 17.9 Å². The van der Waals surface area contributed by atoms with E-state index in [4.69, 9.17) is 0 Å². The van der Waals surface area contributed by atoms with Crippen LogP contribution in [0.5, 0.6) is 0 Å². The Morgan fingerprint density at radius 1 is 0.882 bits per heavy atom. The van der Waals surface area contributed by atoms with Crippen LogP contribution in [-0.4, -0.2) is 40.5 Å². The third-order valence-corrected chi connectivity index (χ3v) is 5.53. The van der Waals surface area contributed by atoms with E-state index in [-0.39, 0.29) is 13.0 Å². The van der Waals surface area contributed by atoms with E-state index in [1.54, 1.807) is 18.2 Å². The Hall–Kier alpha value is -3.93. The van der Waals surface area contributed by atoms with Gasteiger partial charge in [-0.05, 0) is 48.1 Å². The first-order valence-electron chi connectivity index (χ1n) is 11.5. The van der Waals surface area contributed by atoms with Crippen LogP contribution in [0.4, 0.5) is 4.79 Å². The molecule has 0 bridgehead atoms. The second-order valence-electron chi connectivity index (χ2n) is 8.17. The zero-order valence-corrected chi connectivity index (χ0v) is 19.3. The molecule has 3 aromatic carbocycles. The van der Waals surface area contributed by atoms with Crippen molar-refractivity contribution in [2.24, 2.45) is 0 Å². The van der Waals surface area contributed by atoms with E-state index in [2.05, 4.69) is 5.32 Å². The molecule has 0 saturated carbocycles. The number of hydrogen-bond donors (Lipinski definition) is 2. The minimum Gasteiger partial charge on any atom is -0.481 e. The van der Waals surface area contributed by atoms with Crippen LogP contribution in [0.3, 0.4) is 0 Å². The third kappa shape index (κ3) is 7.04. The Kier molecular flexibility index (Phi) is 8.97. The summed E-state index contributed by atoms with van der Waals surface area (Å²) >= 11 is 0.